The summed E-state index contributed by atoms with van der Waals surface area (Å²) in [7, 11) is 0. The first-order chi connectivity index (χ1) is 12.3. The molecule has 2 nitrogen and oxygen atoms in total. The summed E-state index contributed by atoms with van der Waals surface area (Å²) < 4.78 is 11.4. The molecule has 0 spiro atoms. The summed E-state index contributed by atoms with van der Waals surface area (Å²) in [6.45, 7) is 2.31. The fraction of sp³-hybridized carbons (Fsp3) is 0.739. The molecule has 1 aromatic rings. The lowest BCUT2D eigenvalue weighted by molar-refractivity contribution is 0.349. The van der Waals surface area contributed by atoms with Crippen molar-refractivity contribution >= 4 is 0 Å². The van der Waals surface area contributed by atoms with E-state index in [1.165, 1.54) is 69.8 Å². The van der Waals surface area contributed by atoms with Gasteiger partial charge in [0.2, 0.25) is 0 Å². The van der Waals surface area contributed by atoms with Gasteiger partial charge in [-0.3, -0.25) is 0 Å². The van der Waals surface area contributed by atoms with Crippen molar-refractivity contribution in [3.63, 3.8) is 0 Å². The highest BCUT2D eigenvalue weighted by molar-refractivity contribution is 5.35. The minimum absolute atomic E-state index is 0.620. The highest BCUT2D eigenvalue weighted by atomic mass is 16.6. The third kappa shape index (κ3) is 3.66. The van der Waals surface area contributed by atoms with E-state index < -0.39 is 0 Å². The average Bonchev–Trinajstić information content (AvgIpc) is 3.52. The highest BCUT2D eigenvalue weighted by Crippen LogP contribution is 2.42. The molecule has 5 rings (SSSR count). The Kier molecular flexibility index (Phi) is 4.38. The van der Waals surface area contributed by atoms with Crippen molar-refractivity contribution in [2.24, 2.45) is 11.8 Å². The van der Waals surface area contributed by atoms with Crippen LogP contribution in [0, 0.1) is 18.8 Å². The van der Waals surface area contributed by atoms with E-state index in [4.69, 9.17) is 9.47 Å². The number of aryl methyl sites for hydroxylation is 2. The lowest BCUT2D eigenvalue weighted by Crippen LogP contribution is -2.15. The summed E-state index contributed by atoms with van der Waals surface area (Å²) in [4.78, 5) is 0. The van der Waals surface area contributed by atoms with Crippen LogP contribution < -0.4 is 0 Å². The molecule has 2 aliphatic heterocycles. The van der Waals surface area contributed by atoms with Crippen LogP contribution in [-0.4, -0.2) is 24.4 Å². The van der Waals surface area contributed by atoms with Gasteiger partial charge in [0.15, 0.2) is 0 Å². The molecule has 2 heterocycles. The molecular weight excluding hydrogens is 308 g/mol. The molecule has 0 N–H and O–H groups in total. The topological polar surface area (TPSA) is 25.1 Å². The number of hydrogen-bond donors (Lipinski definition) is 0. The highest BCUT2D eigenvalue weighted by Gasteiger charge is 2.44. The fourth-order valence-electron chi connectivity index (χ4n) is 5.56. The molecule has 1 aromatic carbocycles. The van der Waals surface area contributed by atoms with Crippen molar-refractivity contribution in [2.45, 2.75) is 95.5 Å². The van der Waals surface area contributed by atoms with Gasteiger partial charge in [-0.15, -0.1) is 0 Å². The van der Waals surface area contributed by atoms with E-state index in [1.807, 2.05) is 0 Å². The average molecular weight is 341 g/mol. The summed E-state index contributed by atoms with van der Waals surface area (Å²) in [5.74, 6) is 1.78. The Hall–Kier alpha value is -0.860. The smallest absolute Gasteiger partial charge is 0.0844 e. The van der Waals surface area contributed by atoms with Crippen LogP contribution in [0.4, 0.5) is 0 Å². The normalized spacial score (nSPS) is 38.8. The molecule has 2 saturated heterocycles. The van der Waals surface area contributed by atoms with Gasteiger partial charge in [0.25, 0.3) is 0 Å². The third-order valence-corrected chi connectivity index (χ3v) is 7.36. The van der Waals surface area contributed by atoms with Gasteiger partial charge < -0.3 is 9.47 Å². The number of rotatable bonds is 6. The Bertz CT molecular complexity index is 625. The molecule has 2 heteroatoms. The van der Waals surface area contributed by atoms with E-state index in [0.29, 0.717) is 24.4 Å². The lowest BCUT2D eigenvalue weighted by Gasteiger charge is -2.22. The SMILES string of the molecule is Cc1cccc(CCC2CCC3OC3C2)c1CCC1CCC2OC2C1. The van der Waals surface area contributed by atoms with Gasteiger partial charge in [-0.25, -0.2) is 0 Å². The van der Waals surface area contributed by atoms with Crippen molar-refractivity contribution in [1.29, 1.82) is 0 Å². The van der Waals surface area contributed by atoms with Gasteiger partial charge in [-0.05, 0) is 99.7 Å². The van der Waals surface area contributed by atoms with Crippen LogP contribution in [0.5, 0.6) is 0 Å². The number of benzene rings is 1. The van der Waals surface area contributed by atoms with Crippen LogP contribution in [0.1, 0.15) is 68.1 Å². The molecule has 4 aliphatic rings. The van der Waals surface area contributed by atoms with Crippen molar-refractivity contribution in [1.82, 2.24) is 0 Å². The maximum absolute atomic E-state index is 5.72. The van der Waals surface area contributed by atoms with Crippen molar-refractivity contribution < 1.29 is 9.47 Å². The van der Waals surface area contributed by atoms with Crippen LogP contribution in [0.25, 0.3) is 0 Å². The Morgan fingerprint density at radius 1 is 0.800 bits per heavy atom. The van der Waals surface area contributed by atoms with Crippen LogP contribution in [0.2, 0.25) is 0 Å². The number of ether oxygens (including phenoxy) is 2. The summed E-state index contributed by atoms with van der Waals surface area (Å²) in [6, 6.07) is 6.96. The maximum Gasteiger partial charge on any atom is 0.0844 e. The van der Waals surface area contributed by atoms with Gasteiger partial charge >= 0.3 is 0 Å². The van der Waals surface area contributed by atoms with Crippen molar-refractivity contribution in [3.05, 3.63) is 34.9 Å². The lowest BCUT2D eigenvalue weighted by atomic mass is 9.82. The van der Waals surface area contributed by atoms with E-state index >= 15 is 0 Å². The predicted molar refractivity (Wildman–Crippen MR) is 99.8 cm³/mol. The summed E-state index contributed by atoms with van der Waals surface area (Å²) in [5.41, 5.74) is 4.77. The first-order valence-electron chi connectivity index (χ1n) is 10.6. The maximum atomic E-state index is 5.72. The zero-order valence-electron chi connectivity index (χ0n) is 15.6. The van der Waals surface area contributed by atoms with E-state index in [0.717, 1.165) is 11.8 Å². The molecule has 0 amide bonds. The Morgan fingerprint density at radius 3 is 2.08 bits per heavy atom. The van der Waals surface area contributed by atoms with Gasteiger partial charge in [0, 0.05) is 0 Å². The van der Waals surface area contributed by atoms with Crippen LogP contribution in [0.3, 0.4) is 0 Å². The molecule has 0 radical (unpaired) electrons. The van der Waals surface area contributed by atoms with Crippen LogP contribution in [0.15, 0.2) is 18.2 Å². The standard InChI is InChI=1S/C23H32O2/c1-15-3-2-4-18(9-5-16-7-11-20-22(13-16)24-20)19(15)10-6-17-8-12-21-23(14-17)25-21/h2-4,16-17,20-23H,5-14H2,1H3. The molecule has 0 aromatic heterocycles. The monoisotopic (exact) mass is 340 g/mol. The van der Waals surface area contributed by atoms with Crippen LogP contribution in [-0.2, 0) is 22.3 Å². The second kappa shape index (κ2) is 6.70. The molecule has 2 aliphatic carbocycles. The zero-order chi connectivity index (χ0) is 16.8. The fourth-order valence-corrected chi connectivity index (χ4v) is 5.56. The number of epoxide rings is 2. The first-order valence-corrected chi connectivity index (χ1v) is 10.6. The number of hydrogen-bond acceptors (Lipinski definition) is 2. The summed E-state index contributed by atoms with van der Waals surface area (Å²) in [5, 5.41) is 0. The third-order valence-electron chi connectivity index (χ3n) is 7.36. The van der Waals surface area contributed by atoms with Crippen molar-refractivity contribution in [2.75, 3.05) is 0 Å². The molecule has 6 atom stereocenters. The quantitative estimate of drug-likeness (QED) is 0.681. The van der Waals surface area contributed by atoms with Gasteiger partial charge in [0.1, 0.15) is 0 Å². The van der Waals surface area contributed by atoms with E-state index in [1.54, 1.807) is 11.1 Å². The van der Waals surface area contributed by atoms with Gasteiger partial charge in [0.05, 0.1) is 24.4 Å². The van der Waals surface area contributed by atoms with Crippen molar-refractivity contribution in [3.8, 4) is 0 Å². The molecule has 0 bridgehead atoms. The second-order valence-corrected chi connectivity index (χ2v) is 9.07. The summed E-state index contributed by atoms with van der Waals surface area (Å²) in [6.07, 6.45) is 15.8. The molecule has 6 unspecified atom stereocenters. The van der Waals surface area contributed by atoms with E-state index in [2.05, 4.69) is 25.1 Å². The molecule has 136 valence electrons. The largest absolute Gasteiger partial charge is 0.370 e. The second-order valence-electron chi connectivity index (χ2n) is 9.07. The summed E-state index contributed by atoms with van der Waals surface area (Å²) >= 11 is 0. The minimum Gasteiger partial charge on any atom is -0.370 e. The van der Waals surface area contributed by atoms with E-state index in [-0.39, 0.29) is 0 Å². The molecular formula is C23H32O2. The Labute approximate surface area is 152 Å². The predicted octanol–water partition coefficient (Wildman–Crippen LogP) is 5.00. The first kappa shape index (κ1) is 16.3. The number of fused-ring (bicyclic) bond motifs is 2. The van der Waals surface area contributed by atoms with Crippen LogP contribution >= 0.6 is 0 Å². The molecule has 2 saturated carbocycles. The zero-order valence-corrected chi connectivity index (χ0v) is 15.6. The van der Waals surface area contributed by atoms with Gasteiger partial charge in [-0.1, -0.05) is 18.2 Å². The van der Waals surface area contributed by atoms with Gasteiger partial charge in [-0.2, -0.15) is 0 Å². The Morgan fingerprint density at radius 2 is 1.44 bits per heavy atom. The van der Waals surface area contributed by atoms with E-state index in [9.17, 15) is 0 Å². The molecule has 4 fully saturated rings. The molecule has 25 heavy (non-hydrogen) atoms. The minimum atomic E-state index is 0.620. The Balaban J connectivity index is 1.18.